The maximum Gasteiger partial charge on any atom is 0.234 e. The van der Waals surface area contributed by atoms with Crippen LogP contribution in [0, 0.1) is 13.8 Å². The van der Waals surface area contributed by atoms with Crippen LogP contribution in [-0.2, 0) is 18.4 Å². The van der Waals surface area contributed by atoms with E-state index in [1.807, 2.05) is 43.7 Å². The fourth-order valence-corrected chi connectivity index (χ4v) is 3.58. The molecule has 1 N–H and O–H groups in total. The molecular weight excluding hydrogens is 431 g/mol. The summed E-state index contributed by atoms with van der Waals surface area (Å²) < 4.78 is 7.70. The van der Waals surface area contributed by atoms with Gasteiger partial charge >= 0.3 is 0 Å². The zero-order chi connectivity index (χ0) is 21.0. The molecule has 3 aromatic rings. The minimum Gasteiger partial charge on any atom is -0.485 e. The van der Waals surface area contributed by atoms with Crippen LogP contribution in [0.4, 0.5) is 5.69 Å². The molecule has 29 heavy (non-hydrogen) atoms. The molecule has 6 nitrogen and oxygen atoms in total. The fraction of sp³-hybridized carbons (Fsp3) is 0.250. The Hall–Kier alpha value is -2.22. The lowest BCUT2D eigenvalue weighted by Crippen LogP contribution is -2.15. The molecule has 0 bridgehead atoms. The van der Waals surface area contributed by atoms with Gasteiger partial charge in [-0.1, -0.05) is 47.1 Å². The van der Waals surface area contributed by atoms with E-state index in [0.29, 0.717) is 33.3 Å². The average Bonchev–Trinajstić information content (AvgIpc) is 3.03. The van der Waals surface area contributed by atoms with Crippen molar-refractivity contribution in [3.63, 3.8) is 0 Å². The number of hydrogen-bond donors (Lipinski definition) is 1. The van der Waals surface area contributed by atoms with Gasteiger partial charge in [-0.15, -0.1) is 10.2 Å². The van der Waals surface area contributed by atoms with E-state index in [1.165, 1.54) is 11.8 Å². The standard InChI is InChI=1S/C20H20Cl2N4O2S/c1-12-4-5-13(2)17(8-12)28-10-18-24-25-20(26(18)3)29-11-19(27)23-16-9-14(21)6-7-15(16)22/h4-9H,10-11H2,1-3H3,(H,23,27). The Labute approximate surface area is 183 Å². The predicted octanol–water partition coefficient (Wildman–Crippen LogP) is 5.05. The van der Waals surface area contributed by atoms with Gasteiger partial charge in [-0.25, -0.2) is 0 Å². The Bertz CT molecular complexity index is 1040. The van der Waals surface area contributed by atoms with Gasteiger partial charge in [0.05, 0.1) is 16.5 Å². The molecule has 1 aromatic heterocycles. The number of nitrogens with zero attached hydrogens (tertiary/aromatic N) is 3. The number of rotatable bonds is 7. The highest BCUT2D eigenvalue weighted by atomic mass is 35.5. The van der Waals surface area contributed by atoms with Crippen LogP contribution in [0.1, 0.15) is 17.0 Å². The maximum absolute atomic E-state index is 12.2. The molecule has 0 radical (unpaired) electrons. The highest BCUT2D eigenvalue weighted by molar-refractivity contribution is 7.99. The molecule has 0 aliphatic carbocycles. The molecule has 0 fully saturated rings. The Morgan fingerprint density at radius 1 is 1.17 bits per heavy atom. The van der Waals surface area contributed by atoms with E-state index in [2.05, 4.69) is 15.5 Å². The molecule has 0 aliphatic rings. The van der Waals surface area contributed by atoms with Crippen LogP contribution in [0.3, 0.4) is 0 Å². The first-order chi connectivity index (χ1) is 13.8. The minimum absolute atomic E-state index is 0.159. The molecule has 1 heterocycles. The fourth-order valence-electron chi connectivity index (χ4n) is 2.51. The zero-order valence-electron chi connectivity index (χ0n) is 16.2. The summed E-state index contributed by atoms with van der Waals surface area (Å²) in [5.41, 5.74) is 2.67. The average molecular weight is 451 g/mol. The van der Waals surface area contributed by atoms with E-state index < -0.39 is 0 Å². The van der Waals surface area contributed by atoms with E-state index >= 15 is 0 Å². The molecule has 1 amide bonds. The lowest BCUT2D eigenvalue weighted by atomic mass is 10.1. The number of carbonyl (C=O) groups is 1. The third kappa shape index (κ3) is 5.65. The Morgan fingerprint density at radius 3 is 2.76 bits per heavy atom. The SMILES string of the molecule is Cc1ccc(C)c(OCc2nnc(SCC(=O)Nc3cc(Cl)ccc3Cl)n2C)c1. The second-order valence-electron chi connectivity index (χ2n) is 6.48. The minimum atomic E-state index is -0.213. The second-order valence-corrected chi connectivity index (χ2v) is 8.26. The van der Waals surface area contributed by atoms with Crippen molar-refractivity contribution in [2.45, 2.75) is 25.6 Å². The Morgan fingerprint density at radius 2 is 1.97 bits per heavy atom. The van der Waals surface area contributed by atoms with Crippen LogP contribution in [0.15, 0.2) is 41.6 Å². The number of halogens is 2. The van der Waals surface area contributed by atoms with Crippen LogP contribution in [0.25, 0.3) is 0 Å². The van der Waals surface area contributed by atoms with Crippen LogP contribution in [0.2, 0.25) is 10.0 Å². The van der Waals surface area contributed by atoms with Crippen molar-refractivity contribution >= 4 is 46.6 Å². The van der Waals surface area contributed by atoms with Gasteiger partial charge in [-0.3, -0.25) is 4.79 Å². The van der Waals surface area contributed by atoms with Crippen molar-refractivity contribution in [2.75, 3.05) is 11.1 Å². The summed E-state index contributed by atoms with van der Waals surface area (Å²) in [6.07, 6.45) is 0. The molecule has 0 atom stereocenters. The first kappa shape index (κ1) is 21.5. The van der Waals surface area contributed by atoms with Crippen molar-refractivity contribution in [1.29, 1.82) is 0 Å². The van der Waals surface area contributed by atoms with Crippen LogP contribution in [-0.4, -0.2) is 26.4 Å². The summed E-state index contributed by atoms with van der Waals surface area (Å²) in [6.45, 7) is 4.31. The topological polar surface area (TPSA) is 69.0 Å². The van der Waals surface area contributed by atoms with Crippen molar-refractivity contribution in [2.24, 2.45) is 7.05 Å². The predicted molar refractivity (Wildman–Crippen MR) is 117 cm³/mol. The number of benzene rings is 2. The van der Waals surface area contributed by atoms with Crippen molar-refractivity contribution in [3.05, 3.63) is 63.4 Å². The largest absolute Gasteiger partial charge is 0.485 e. The molecule has 3 rings (SSSR count). The molecule has 0 saturated heterocycles. The van der Waals surface area contributed by atoms with Gasteiger partial charge in [0.2, 0.25) is 5.91 Å². The highest BCUT2D eigenvalue weighted by Crippen LogP contribution is 2.26. The first-order valence-corrected chi connectivity index (χ1v) is 10.5. The number of thioether (sulfide) groups is 1. The summed E-state index contributed by atoms with van der Waals surface area (Å²) in [4.78, 5) is 12.2. The smallest absolute Gasteiger partial charge is 0.234 e. The van der Waals surface area contributed by atoms with Crippen LogP contribution in [0.5, 0.6) is 5.75 Å². The molecule has 0 aliphatic heterocycles. The van der Waals surface area contributed by atoms with Gasteiger partial charge in [0.1, 0.15) is 12.4 Å². The zero-order valence-corrected chi connectivity index (χ0v) is 18.5. The highest BCUT2D eigenvalue weighted by Gasteiger charge is 2.13. The molecule has 152 valence electrons. The monoisotopic (exact) mass is 450 g/mol. The van der Waals surface area contributed by atoms with Gasteiger partial charge in [-0.2, -0.15) is 0 Å². The Balaban J connectivity index is 1.57. The molecule has 0 saturated carbocycles. The van der Waals surface area contributed by atoms with E-state index in [9.17, 15) is 4.79 Å². The first-order valence-electron chi connectivity index (χ1n) is 8.79. The number of aryl methyl sites for hydroxylation is 2. The lowest BCUT2D eigenvalue weighted by Gasteiger charge is -2.10. The summed E-state index contributed by atoms with van der Waals surface area (Å²) in [6, 6.07) is 11.0. The van der Waals surface area contributed by atoms with E-state index in [0.717, 1.165) is 16.9 Å². The number of ether oxygens (including phenoxy) is 1. The van der Waals surface area contributed by atoms with Gasteiger partial charge < -0.3 is 14.6 Å². The number of aromatic nitrogens is 3. The second kappa shape index (κ2) is 9.52. The number of hydrogen-bond acceptors (Lipinski definition) is 5. The maximum atomic E-state index is 12.2. The number of nitrogens with one attached hydrogen (secondary N) is 1. The van der Waals surface area contributed by atoms with Crippen molar-refractivity contribution in [3.8, 4) is 5.75 Å². The van der Waals surface area contributed by atoms with E-state index in [4.69, 9.17) is 27.9 Å². The van der Waals surface area contributed by atoms with E-state index in [1.54, 1.807) is 18.2 Å². The van der Waals surface area contributed by atoms with E-state index in [-0.39, 0.29) is 11.7 Å². The molecular formula is C20H20Cl2N4O2S. The molecule has 2 aromatic carbocycles. The van der Waals surface area contributed by atoms with Crippen molar-refractivity contribution in [1.82, 2.24) is 14.8 Å². The summed E-state index contributed by atoms with van der Waals surface area (Å²) in [5.74, 6) is 1.44. The van der Waals surface area contributed by atoms with Gasteiger partial charge in [0.25, 0.3) is 0 Å². The lowest BCUT2D eigenvalue weighted by molar-refractivity contribution is -0.113. The summed E-state index contributed by atoms with van der Waals surface area (Å²) in [7, 11) is 1.84. The van der Waals surface area contributed by atoms with Crippen LogP contribution >= 0.6 is 35.0 Å². The summed E-state index contributed by atoms with van der Waals surface area (Å²) >= 11 is 13.3. The number of carbonyl (C=O) groups excluding carboxylic acids is 1. The van der Waals surface area contributed by atoms with Crippen LogP contribution < -0.4 is 10.1 Å². The quantitative estimate of drug-likeness (QED) is 0.510. The summed E-state index contributed by atoms with van der Waals surface area (Å²) in [5, 5.41) is 12.6. The van der Waals surface area contributed by atoms with Gasteiger partial charge in [0.15, 0.2) is 11.0 Å². The van der Waals surface area contributed by atoms with Gasteiger partial charge in [-0.05, 0) is 49.2 Å². The molecule has 0 spiro atoms. The number of anilines is 1. The third-order valence-electron chi connectivity index (χ3n) is 4.16. The molecule has 0 unspecified atom stereocenters. The Kier molecular flexibility index (Phi) is 7.05. The van der Waals surface area contributed by atoms with Gasteiger partial charge in [0, 0.05) is 12.1 Å². The van der Waals surface area contributed by atoms with Crippen molar-refractivity contribution < 1.29 is 9.53 Å². The normalized spacial score (nSPS) is 10.8. The third-order valence-corrected chi connectivity index (χ3v) is 5.75. The molecule has 9 heteroatoms. The number of amides is 1.